The van der Waals surface area contributed by atoms with E-state index in [4.69, 9.17) is 10.5 Å². The second-order valence-electron chi connectivity index (χ2n) is 6.48. The van der Waals surface area contributed by atoms with Crippen molar-refractivity contribution in [3.05, 3.63) is 0 Å². The Morgan fingerprint density at radius 1 is 1.22 bits per heavy atom. The molecule has 0 amide bonds. The molecular weight excluding hydrogens is 224 g/mol. The van der Waals surface area contributed by atoms with Gasteiger partial charge in [0.25, 0.3) is 0 Å². The summed E-state index contributed by atoms with van der Waals surface area (Å²) in [4.78, 5) is 2.51. The predicted octanol–water partition coefficient (Wildman–Crippen LogP) is 2.39. The van der Waals surface area contributed by atoms with E-state index in [-0.39, 0.29) is 5.54 Å². The highest BCUT2D eigenvalue weighted by Gasteiger charge is 2.36. The average Bonchev–Trinajstić information content (AvgIpc) is 2.78. The zero-order valence-electron chi connectivity index (χ0n) is 12.2. The van der Waals surface area contributed by atoms with E-state index in [1.165, 1.54) is 44.9 Å². The molecule has 1 aliphatic carbocycles. The number of likely N-dealkylation sites (N-methyl/N-ethyl adjacent to an activating group) is 1. The molecule has 0 bridgehead atoms. The van der Waals surface area contributed by atoms with Gasteiger partial charge in [-0.05, 0) is 45.1 Å². The quantitative estimate of drug-likeness (QED) is 0.783. The first-order chi connectivity index (χ1) is 8.66. The minimum absolute atomic E-state index is 0.233. The topological polar surface area (TPSA) is 38.5 Å². The van der Waals surface area contributed by atoms with Gasteiger partial charge in [-0.2, -0.15) is 0 Å². The Morgan fingerprint density at radius 3 is 2.72 bits per heavy atom. The van der Waals surface area contributed by atoms with Crippen LogP contribution in [0.2, 0.25) is 0 Å². The molecule has 0 spiro atoms. The second kappa shape index (κ2) is 6.36. The van der Waals surface area contributed by atoms with E-state index in [9.17, 15) is 0 Å². The van der Waals surface area contributed by atoms with Crippen LogP contribution < -0.4 is 5.73 Å². The number of nitrogens with zero attached hydrogens (tertiary/aromatic N) is 1. The smallest absolute Gasteiger partial charge is 0.0702 e. The summed E-state index contributed by atoms with van der Waals surface area (Å²) in [6.45, 7) is 5.19. The molecule has 0 aromatic carbocycles. The van der Waals surface area contributed by atoms with Crippen LogP contribution in [0.15, 0.2) is 0 Å². The van der Waals surface area contributed by atoms with Crippen LogP contribution in [0.3, 0.4) is 0 Å². The van der Waals surface area contributed by atoms with Crippen LogP contribution in [0.5, 0.6) is 0 Å². The number of ether oxygens (including phenoxy) is 1. The van der Waals surface area contributed by atoms with Crippen molar-refractivity contribution in [1.29, 1.82) is 0 Å². The van der Waals surface area contributed by atoms with Crippen LogP contribution in [0, 0.1) is 5.92 Å². The summed E-state index contributed by atoms with van der Waals surface area (Å²) in [6, 6.07) is 0. The number of hydrogen-bond acceptors (Lipinski definition) is 3. The number of hydrogen-bond donors (Lipinski definition) is 1. The van der Waals surface area contributed by atoms with Gasteiger partial charge in [0, 0.05) is 25.2 Å². The highest BCUT2D eigenvalue weighted by molar-refractivity contribution is 4.93. The molecule has 1 aliphatic heterocycles. The monoisotopic (exact) mass is 254 g/mol. The van der Waals surface area contributed by atoms with Crippen LogP contribution in [-0.2, 0) is 4.74 Å². The van der Waals surface area contributed by atoms with Gasteiger partial charge in [0.05, 0.1) is 6.10 Å². The van der Waals surface area contributed by atoms with E-state index in [1.54, 1.807) is 0 Å². The number of rotatable bonds is 4. The van der Waals surface area contributed by atoms with Gasteiger partial charge in [-0.25, -0.2) is 0 Å². The van der Waals surface area contributed by atoms with Crippen molar-refractivity contribution in [1.82, 2.24) is 4.90 Å². The summed E-state index contributed by atoms with van der Waals surface area (Å²) in [6.07, 6.45) is 9.44. The Labute approximate surface area is 112 Å². The second-order valence-corrected chi connectivity index (χ2v) is 6.48. The Kier molecular flexibility index (Phi) is 5.05. The Balaban J connectivity index is 1.95. The molecule has 0 aromatic heterocycles. The molecule has 2 aliphatic rings. The van der Waals surface area contributed by atoms with E-state index in [0.29, 0.717) is 6.10 Å². The number of nitrogens with two attached hydrogens (primary N) is 1. The standard InChI is InChI=1S/C15H30N2O/c1-13-5-3-8-15(12-16,9-7-13)17(2)11-14-6-4-10-18-14/h13-14H,3-12,16H2,1-2H3. The predicted molar refractivity (Wildman–Crippen MR) is 75.6 cm³/mol. The summed E-state index contributed by atoms with van der Waals surface area (Å²) in [5, 5.41) is 0. The molecule has 3 atom stereocenters. The summed E-state index contributed by atoms with van der Waals surface area (Å²) >= 11 is 0. The van der Waals surface area contributed by atoms with Crippen LogP contribution >= 0.6 is 0 Å². The van der Waals surface area contributed by atoms with E-state index < -0.39 is 0 Å². The first-order valence-corrected chi connectivity index (χ1v) is 7.69. The molecule has 0 radical (unpaired) electrons. The maximum Gasteiger partial charge on any atom is 0.0702 e. The van der Waals surface area contributed by atoms with Gasteiger partial charge in [-0.15, -0.1) is 0 Å². The molecule has 3 nitrogen and oxygen atoms in total. The lowest BCUT2D eigenvalue weighted by atomic mass is 9.87. The lowest BCUT2D eigenvalue weighted by Crippen LogP contribution is -2.53. The normalized spacial score (nSPS) is 38.0. The molecule has 1 saturated heterocycles. The third kappa shape index (κ3) is 3.25. The average molecular weight is 254 g/mol. The minimum Gasteiger partial charge on any atom is -0.377 e. The highest BCUT2D eigenvalue weighted by atomic mass is 16.5. The van der Waals surface area contributed by atoms with Gasteiger partial charge in [-0.3, -0.25) is 4.90 Å². The van der Waals surface area contributed by atoms with Gasteiger partial charge < -0.3 is 10.5 Å². The molecule has 18 heavy (non-hydrogen) atoms. The molecule has 3 heteroatoms. The molecule has 106 valence electrons. The van der Waals surface area contributed by atoms with Gasteiger partial charge in [0.1, 0.15) is 0 Å². The van der Waals surface area contributed by atoms with Gasteiger partial charge in [0.2, 0.25) is 0 Å². The molecule has 2 rings (SSSR count). The maximum atomic E-state index is 6.15. The Morgan fingerprint density at radius 2 is 2.06 bits per heavy atom. The maximum absolute atomic E-state index is 6.15. The van der Waals surface area contributed by atoms with Crippen molar-refractivity contribution in [2.45, 2.75) is 63.5 Å². The van der Waals surface area contributed by atoms with Crippen LogP contribution in [-0.4, -0.2) is 43.3 Å². The van der Waals surface area contributed by atoms with Crippen LogP contribution in [0.4, 0.5) is 0 Å². The van der Waals surface area contributed by atoms with E-state index >= 15 is 0 Å². The lowest BCUT2D eigenvalue weighted by Gasteiger charge is -2.42. The molecular formula is C15H30N2O. The van der Waals surface area contributed by atoms with Gasteiger partial charge in [-0.1, -0.05) is 19.8 Å². The fraction of sp³-hybridized carbons (Fsp3) is 1.00. The van der Waals surface area contributed by atoms with Crippen molar-refractivity contribution < 1.29 is 4.74 Å². The molecule has 0 aromatic rings. The van der Waals surface area contributed by atoms with Crippen LogP contribution in [0.1, 0.15) is 51.9 Å². The van der Waals surface area contributed by atoms with E-state index in [2.05, 4.69) is 18.9 Å². The summed E-state index contributed by atoms with van der Waals surface area (Å²) in [5.41, 5.74) is 6.38. The van der Waals surface area contributed by atoms with Crippen molar-refractivity contribution in [2.75, 3.05) is 26.7 Å². The fourth-order valence-corrected chi connectivity index (χ4v) is 3.59. The molecule has 2 N–H and O–H groups in total. The Hall–Kier alpha value is -0.120. The molecule has 3 unspecified atom stereocenters. The zero-order valence-corrected chi connectivity index (χ0v) is 12.2. The largest absolute Gasteiger partial charge is 0.377 e. The first kappa shape index (κ1) is 14.3. The third-order valence-corrected chi connectivity index (χ3v) is 5.13. The molecule has 1 heterocycles. The lowest BCUT2D eigenvalue weighted by molar-refractivity contribution is 0.0299. The first-order valence-electron chi connectivity index (χ1n) is 7.69. The van der Waals surface area contributed by atoms with Gasteiger partial charge in [0.15, 0.2) is 0 Å². The highest BCUT2D eigenvalue weighted by Crippen LogP contribution is 2.34. The fourth-order valence-electron chi connectivity index (χ4n) is 3.59. The van der Waals surface area contributed by atoms with E-state index in [0.717, 1.165) is 25.6 Å². The molecule has 2 fully saturated rings. The minimum atomic E-state index is 0.233. The van der Waals surface area contributed by atoms with Gasteiger partial charge >= 0.3 is 0 Å². The summed E-state index contributed by atoms with van der Waals surface area (Å²) in [5.74, 6) is 0.870. The Bertz CT molecular complexity index is 253. The third-order valence-electron chi connectivity index (χ3n) is 5.13. The van der Waals surface area contributed by atoms with Crippen molar-refractivity contribution in [3.8, 4) is 0 Å². The van der Waals surface area contributed by atoms with Crippen molar-refractivity contribution in [2.24, 2.45) is 11.7 Å². The van der Waals surface area contributed by atoms with Crippen LogP contribution in [0.25, 0.3) is 0 Å². The van der Waals surface area contributed by atoms with E-state index in [1.807, 2.05) is 0 Å². The van der Waals surface area contributed by atoms with Crippen molar-refractivity contribution in [3.63, 3.8) is 0 Å². The zero-order chi connectivity index (χ0) is 13.0. The summed E-state index contributed by atoms with van der Waals surface area (Å²) in [7, 11) is 2.25. The SMILES string of the molecule is CC1CCCC(CN)(N(C)CC2CCCO2)CC1. The van der Waals surface area contributed by atoms with Crippen molar-refractivity contribution >= 4 is 0 Å². The molecule has 1 saturated carbocycles. The summed E-state index contributed by atoms with van der Waals surface area (Å²) < 4.78 is 5.77.